The zero-order valence-electron chi connectivity index (χ0n) is 13.3. The summed E-state index contributed by atoms with van der Waals surface area (Å²) in [7, 11) is 1.55. The van der Waals surface area contributed by atoms with E-state index in [1.165, 1.54) is 22.8 Å². The standard InChI is InChI=1S/C17H17F2NO2S/c1-17(2,3)14(21)9-15-20(4)16(22)13(23-15)7-10-5-6-11(18)8-12(10)19/h5-9H,1-4H3. The Labute approximate surface area is 136 Å². The quantitative estimate of drug-likeness (QED) is 0.840. The smallest absolute Gasteiger partial charge is 0.268 e. The predicted octanol–water partition coefficient (Wildman–Crippen LogP) is 1.95. The number of hydrogen-bond acceptors (Lipinski definition) is 3. The SMILES string of the molecule is Cn1c(=CC(=O)C(C)(C)C)sc(=Cc2ccc(F)cc2F)c1=O. The molecule has 0 amide bonds. The van der Waals surface area contributed by atoms with Crippen molar-refractivity contribution in [2.24, 2.45) is 12.5 Å². The maximum atomic E-state index is 13.7. The maximum absolute atomic E-state index is 13.7. The third-order valence-electron chi connectivity index (χ3n) is 3.30. The number of aromatic nitrogens is 1. The number of ketones is 1. The highest BCUT2D eigenvalue weighted by Crippen LogP contribution is 2.14. The van der Waals surface area contributed by atoms with Gasteiger partial charge in [-0.05, 0) is 18.2 Å². The number of carbonyl (C=O) groups is 1. The minimum atomic E-state index is -0.739. The number of benzene rings is 1. The summed E-state index contributed by atoms with van der Waals surface area (Å²) in [5.41, 5.74) is -0.752. The summed E-state index contributed by atoms with van der Waals surface area (Å²) in [5, 5.41) is 0. The highest BCUT2D eigenvalue weighted by Gasteiger charge is 2.19. The first kappa shape index (κ1) is 17.3. The molecule has 2 rings (SSSR count). The number of nitrogens with zero attached hydrogens (tertiary/aromatic N) is 1. The highest BCUT2D eigenvalue weighted by molar-refractivity contribution is 7.07. The van der Waals surface area contributed by atoms with Crippen molar-refractivity contribution in [3.63, 3.8) is 0 Å². The van der Waals surface area contributed by atoms with Crippen LogP contribution in [0.1, 0.15) is 26.3 Å². The van der Waals surface area contributed by atoms with E-state index in [1.807, 2.05) is 0 Å². The monoisotopic (exact) mass is 337 g/mol. The third-order valence-corrected chi connectivity index (χ3v) is 4.42. The first-order valence-corrected chi connectivity index (χ1v) is 7.80. The summed E-state index contributed by atoms with van der Waals surface area (Å²) in [4.78, 5) is 24.3. The lowest BCUT2D eigenvalue weighted by atomic mass is 9.91. The van der Waals surface area contributed by atoms with Gasteiger partial charge in [-0.3, -0.25) is 9.59 Å². The molecule has 0 bridgehead atoms. The van der Waals surface area contributed by atoms with Gasteiger partial charge in [0.25, 0.3) is 5.56 Å². The summed E-state index contributed by atoms with van der Waals surface area (Å²) in [6.45, 7) is 5.37. The van der Waals surface area contributed by atoms with Gasteiger partial charge in [0.1, 0.15) is 16.3 Å². The zero-order chi connectivity index (χ0) is 17.4. The van der Waals surface area contributed by atoms with Crippen LogP contribution in [0.4, 0.5) is 8.78 Å². The fourth-order valence-electron chi connectivity index (χ4n) is 1.80. The molecule has 0 N–H and O–H groups in total. The van der Waals surface area contributed by atoms with E-state index in [0.29, 0.717) is 4.66 Å². The van der Waals surface area contributed by atoms with Crippen LogP contribution < -0.4 is 14.8 Å². The Hall–Kier alpha value is -2.08. The lowest BCUT2D eigenvalue weighted by molar-refractivity contribution is -0.120. The molecule has 122 valence electrons. The van der Waals surface area contributed by atoms with Gasteiger partial charge in [-0.15, -0.1) is 11.3 Å². The Morgan fingerprint density at radius 3 is 2.48 bits per heavy atom. The molecule has 1 heterocycles. The van der Waals surface area contributed by atoms with E-state index in [1.54, 1.807) is 27.8 Å². The second-order valence-corrected chi connectivity index (χ2v) is 7.30. The van der Waals surface area contributed by atoms with Crippen molar-refractivity contribution < 1.29 is 13.6 Å². The summed E-state index contributed by atoms with van der Waals surface area (Å²) in [6.07, 6.45) is 2.78. The van der Waals surface area contributed by atoms with Crippen LogP contribution in [0.15, 0.2) is 23.0 Å². The number of Topliss-reactive ketones (excluding diaryl/α,β-unsaturated/α-hetero) is 1. The number of carbonyl (C=O) groups excluding carboxylic acids is 1. The first-order valence-electron chi connectivity index (χ1n) is 6.98. The molecule has 23 heavy (non-hydrogen) atoms. The van der Waals surface area contributed by atoms with Crippen molar-refractivity contribution in [3.8, 4) is 0 Å². The van der Waals surface area contributed by atoms with Crippen LogP contribution in [0.2, 0.25) is 0 Å². The van der Waals surface area contributed by atoms with Crippen LogP contribution in [0.25, 0.3) is 12.2 Å². The molecule has 0 aliphatic rings. The van der Waals surface area contributed by atoms with Crippen molar-refractivity contribution in [2.75, 3.05) is 0 Å². The molecule has 0 atom stereocenters. The summed E-state index contributed by atoms with van der Waals surface area (Å²) in [5.74, 6) is -1.52. The number of rotatable bonds is 2. The molecule has 0 spiro atoms. The Bertz CT molecular complexity index is 933. The van der Waals surface area contributed by atoms with Gasteiger partial charge in [0.2, 0.25) is 0 Å². The van der Waals surface area contributed by atoms with E-state index in [0.717, 1.165) is 23.5 Å². The van der Waals surface area contributed by atoms with E-state index in [4.69, 9.17) is 0 Å². The van der Waals surface area contributed by atoms with Crippen LogP contribution in [-0.2, 0) is 11.8 Å². The highest BCUT2D eigenvalue weighted by atomic mass is 32.1. The third kappa shape index (κ3) is 3.82. The lowest BCUT2D eigenvalue weighted by Gasteiger charge is -2.12. The summed E-state index contributed by atoms with van der Waals surface area (Å²) in [6, 6.07) is 3.16. The molecule has 1 aromatic carbocycles. The molecule has 0 aliphatic carbocycles. The largest absolute Gasteiger partial charge is 0.302 e. The van der Waals surface area contributed by atoms with E-state index in [9.17, 15) is 18.4 Å². The Morgan fingerprint density at radius 2 is 1.91 bits per heavy atom. The molecule has 0 saturated carbocycles. The van der Waals surface area contributed by atoms with Crippen molar-refractivity contribution >= 4 is 29.3 Å². The van der Waals surface area contributed by atoms with E-state index in [2.05, 4.69) is 0 Å². The van der Waals surface area contributed by atoms with Crippen LogP contribution in [0, 0.1) is 17.0 Å². The van der Waals surface area contributed by atoms with Gasteiger partial charge in [0, 0.05) is 30.2 Å². The van der Waals surface area contributed by atoms with Gasteiger partial charge >= 0.3 is 0 Å². The first-order chi connectivity index (χ1) is 10.6. The Morgan fingerprint density at radius 1 is 1.26 bits per heavy atom. The van der Waals surface area contributed by atoms with E-state index >= 15 is 0 Å². The molecule has 6 heteroatoms. The molecular weight excluding hydrogens is 320 g/mol. The molecule has 2 aromatic rings. The Kier molecular flexibility index (Phi) is 4.66. The normalized spacial score (nSPS) is 13.7. The van der Waals surface area contributed by atoms with Gasteiger partial charge in [-0.2, -0.15) is 0 Å². The fraction of sp³-hybridized carbons (Fsp3) is 0.294. The minimum Gasteiger partial charge on any atom is -0.302 e. The average molecular weight is 337 g/mol. The molecule has 3 nitrogen and oxygen atoms in total. The van der Waals surface area contributed by atoms with Crippen molar-refractivity contribution in [1.82, 2.24) is 4.57 Å². The van der Waals surface area contributed by atoms with Gasteiger partial charge in [-0.1, -0.05) is 20.8 Å². The maximum Gasteiger partial charge on any atom is 0.268 e. The predicted molar refractivity (Wildman–Crippen MR) is 87.7 cm³/mol. The van der Waals surface area contributed by atoms with Crippen molar-refractivity contribution in [1.29, 1.82) is 0 Å². The molecule has 0 unspecified atom stereocenters. The zero-order valence-corrected chi connectivity index (χ0v) is 14.1. The van der Waals surface area contributed by atoms with Crippen LogP contribution in [0.3, 0.4) is 0 Å². The lowest BCUT2D eigenvalue weighted by Crippen LogP contribution is -2.30. The van der Waals surface area contributed by atoms with Gasteiger partial charge in [0.05, 0.1) is 4.53 Å². The van der Waals surface area contributed by atoms with E-state index < -0.39 is 17.0 Å². The minimum absolute atomic E-state index is 0.103. The van der Waals surface area contributed by atoms with Crippen molar-refractivity contribution in [2.45, 2.75) is 20.8 Å². The summed E-state index contributed by atoms with van der Waals surface area (Å²) < 4.78 is 28.8. The molecular formula is C17H17F2NO2S. The fourth-order valence-corrected chi connectivity index (χ4v) is 2.82. The molecule has 0 aliphatic heterocycles. The van der Waals surface area contributed by atoms with Crippen molar-refractivity contribution in [3.05, 3.63) is 54.9 Å². The van der Waals surface area contributed by atoms with Gasteiger partial charge in [0.15, 0.2) is 5.78 Å². The molecule has 1 aromatic heterocycles. The second kappa shape index (κ2) is 6.20. The molecule has 0 saturated heterocycles. The molecule has 0 fully saturated rings. The van der Waals surface area contributed by atoms with Gasteiger partial charge < -0.3 is 4.57 Å². The topological polar surface area (TPSA) is 39.1 Å². The molecule has 0 radical (unpaired) electrons. The van der Waals surface area contributed by atoms with E-state index in [-0.39, 0.29) is 21.4 Å². The number of thiazole rings is 1. The van der Waals surface area contributed by atoms with Gasteiger partial charge in [-0.25, -0.2) is 8.78 Å². The summed E-state index contributed by atoms with van der Waals surface area (Å²) >= 11 is 1.10. The Balaban J connectivity index is 2.61. The van der Waals surface area contributed by atoms with Crippen LogP contribution in [-0.4, -0.2) is 10.4 Å². The second-order valence-electron chi connectivity index (χ2n) is 6.24. The average Bonchev–Trinajstić information content (AvgIpc) is 2.69. The number of hydrogen-bond donors (Lipinski definition) is 0. The number of halogens is 2. The van der Waals surface area contributed by atoms with Crippen LogP contribution in [0.5, 0.6) is 0 Å². The van der Waals surface area contributed by atoms with Crippen LogP contribution >= 0.6 is 11.3 Å².